The van der Waals surface area contributed by atoms with Crippen molar-refractivity contribution >= 4 is 39.9 Å². The smallest absolute Gasteiger partial charge is 0.388 e. The fraction of sp³-hybridized carbons (Fsp3) is 0.560. The summed E-state index contributed by atoms with van der Waals surface area (Å²) in [6, 6.07) is 1.05. The summed E-state index contributed by atoms with van der Waals surface area (Å²) in [5, 5.41) is 20.6. The molecule has 3 heterocycles. The first-order chi connectivity index (χ1) is 20.0. The van der Waals surface area contributed by atoms with Gasteiger partial charge in [0.15, 0.2) is 0 Å². The first-order valence-electron chi connectivity index (χ1n) is 13.4. The molecule has 2 fully saturated rings. The molecule has 6 rings (SSSR count). The second-order valence-electron chi connectivity index (χ2n) is 10.8. The second kappa shape index (κ2) is 10.8. The van der Waals surface area contributed by atoms with Gasteiger partial charge in [-0.2, -0.15) is 8.78 Å². The highest BCUT2D eigenvalue weighted by atomic mass is 32.1. The molecule has 3 N–H and O–H groups in total. The van der Waals surface area contributed by atoms with E-state index in [1.54, 1.807) is 4.57 Å². The molecule has 0 bridgehead atoms. The average molecular weight is 615 g/mol. The van der Waals surface area contributed by atoms with E-state index in [-0.39, 0.29) is 34.9 Å². The minimum Gasteiger partial charge on any atom is -0.415 e. The third-order valence-electron chi connectivity index (χ3n) is 7.84. The van der Waals surface area contributed by atoms with Gasteiger partial charge >= 0.3 is 6.61 Å². The van der Waals surface area contributed by atoms with Crippen LogP contribution in [0.15, 0.2) is 12.4 Å². The van der Waals surface area contributed by atoms with E-state index in [0.29, 0.717) is 49.4 Å². The molecule has 2 atom stereocenters. The number of alkyl halides is 5. The molecule has 3 aromatic heterocycles. The van der Waals surface area contributed by atoms with Crippen LogP contribution in [-0.2, 0) is 24.7 Å². The maximum atomic E-state index is 13.6. The van der Waals surface area contributed by atoms with Crippen molar-refractivity contribution in [3.05, 3.63) is 28.4 Å². The monoisotopic (exact) mass is 614 g/mol. The number of carbonyl (C=O) groups is 2. The summed E-state index contributed by atoms with van der Waals surface area (Å²) in [5.41, 5.74) is 0.896. The third kappa shape index (κ3) is 5.65. The number of nitrogens with one attached hydrogen (secondary N) is 3. The molecule has 11 nitrogen and oxygen atoms in total. The number of aromatic nitrogens is 5. The maximum absolute atomic E-state index is 13.6. The normalized spacial score (nSPS) is 24.1. The molecule has 0 aromatic carbocycles. The Bertz CT molecular complexity index is 1500. The summed E-state index contributed by atoms with van der Waals surface area (Å²) in [5.74, 6) is -5.43. The van der Waals surface area contributed by atoms with E-state index in [0.717, 1.165) is 4.88 Å². The summed E-state index contributed by atoms with van der Waals surface area (Å²) in [4.78, 5) is 26.8. The Morgan fingerprint density at radius 2 is 2.05 bits per heavy atom. The van der Waals surface area contributed by atoms with Gasteiger partial charge in [-0.05, 0) is 43.6 Å². The van der Waals surface area contributed by atoms with Gasteiger partial charge in [-0.3, -0.25) is 14.2 Å². The largest absolute Gasteiger partial charge is 0.415 e. The molecule has 3 aliphatic carbocycles. The van der Waals surface area contributed by atoms with Crippen LogP contribution in [0, 0.1) is 11.8 Å². The van der Waals surface area contributed by atoms with E-state index in [1.165, 1.54) is 35.5 Å². The molecule has 226 valence electrons. The lowest BCUT2D eigenvalue weighted by Crippen LogP contribution is -2.37. The molecule has 0 unspecified atom stereocenters. The lowest BCUT2D eigenvalue weighted by Gasteiger charge is -2.29. The Morgan fingerprint density at radius 3 is 2.74 bits per heavy atom. The Morgan fingerprint density at radius 1 is 1.29 bits per heavy atom. The molecule has 3 aromatic rings. The van der Waals surface area contributed by atoms with E-state index < -0.39 is 42.9 Å². The van der Waals surface area contributed by atoms with Gasteiger partial charge in [-0.15, -0.1) is 26.6 Å². The van der Waals surface area contributed by atoms with Crippen molar-refractivity contribution in [2.45, 2.75) is 63.3 Å². The number of nitrogens with zero attached hydrogens (tertiary/aromatic N) is 5. The first-order valence-corrected chi connectivity index (χ1v) is 14.2. The van der Waals surface area contributed by atoms with E-state index in [1.807, 2.05) is 0 Å². The SMILES string of the molecule is Cn1nc(OC(F)F)cc1Nc1nncn1[C@H]1CCc2sc(NC(=O)[C@H]3CC3(F)F)c(C(=O)NCC3CC(F)C3)c2C1. The summed E-state index contributed by atoms with van der Waals surface area (Å²) < 4.78 is 73.1. The van der Waals surface area contributed by atoms with Crippen molar-refractivity contribution in [1.82, 2.24) is 29.9 Å². The standard InChI is InChI=1S/C25H27F5N8O3S/c1-37-17(7-18(36-37)41-23(27)28)33-24-35-32-10-38(24)13-2-3-16-14(6-13)19(21(40)31-9-11-4-12(26)5-11)22(42-16)34-20(39)15-8-25(15,29)30/h7,10-13,15,23H,2-6,8-9H2,1H3,(H,31,40)(H,33,35)(H,34,39)/t11?,12?,13-,15+/m0/s1. The molecule has 0 spiro atoms. The van der Waals surface area contributed by atoms with Gasteiger partial charge in [0, 0.05) is 37.0 Å². The molecule has 2 saturated carbocycles. The van der Waals surface area contributed by atoms with Crippen LogP contribution in [-0.4, -0.2) is 61.6 Å². The van der Waals surface area contributed by atoms with Crippen LogP contribution >= 0.6 is 11.3 Å². The van der Waals surface area contributed by atoms with Gasteiger partial charge in [-0.1, -0.05) is 0 Å². The van der Waals surface area contributed by atoms with Gasteiger partial charge in [0.2, 0.25) is 17.7 Å². The minimum atomic E-state index is -3.06. The summed E-state index contributed by atoms with van der Waals surface area (Å²) in [6.45, 7) is -2.77. The number of fused-ring (bicyclic) bond motifs is 1. The number of rotatable bonds is 10. The number of ether oxygens (including phenoxy) is 1. The topological polar surface area (TPSA) is 128 Å². The fourth-order valence-corrected chi connectivity index (χ4v) is 6.64. The van der Waals surface area contributed by atoms with E-state index in [2.05, 4.69) is 36.0 Å². The quantitative estimate of drug-likeness (QED) is 0.292. The van der Waals surface area contributed by atoms with E-state index >= 15 is 0 Å². The molecule has 3 aliphatic rings. The zero-order valence-corrected chi connectivity index (χ0v) is 23.1. The van der Waals surface area contributed by atoms with Gasteiger partial charge in [-0.25, -0.2) is 17.9 Å². The van der Waals surface area contributed by atoms with Crippen LogP contribution in [0.2, 0.25) is 0 Å². The fourth-order valence-electron chi connectivity index (χ4n) is 5.39. The number of hydrogen-bond acceptors (Lipinski definition) is 8. The van der Waals surface area contributed by atoms with Crippen LogP contribution < -0.4 is 20.7 Å². The Balaban J connectivity index is 1.23. The van der Waals surface area contributed by atoms with E-state index in [9.17, 15) is 31.5 Å². The molecule has 0 radical (unpaired) electrons. The van der Waals surface area contributed by atoms with Crippen molar-refractivity contribution in [2.24, 2.45) is 18.9 Å². The predicted octanol–water partition coefficient (Wildman–Crippen LogP) is 4.22. The minimum absolute atomic E-state index is 0.0126. The number of amides is 2. The van der Waals surface area contributed by atoms with Crippen molar-refractivity contribution in [3.8, 4) is 5.88 Å². The van der Waals surface area contributed by atoms with Crippen molar-refractivity contribution < 1.29 is 36.3 Å². The van der Waals surface area contributed by atoms with Crippen LogP contribution in [0.5, 0.6) is 5.88 Å². The van der Waals surface area contributed by atoms with Crippen LogP contribution in [0.1, 0.15) is 52.5 Å². The van der Waals surface area contributed by atoms with Gasteiger partial charge in [0.1, 0.15) is 29.2 Å². The maximum Gasteiger partial charge on any atom is 0.388 e. The molecular weight excluding hydrogens is 587 g/mol. The Kier molecular flexibility index (Phi) is 7.31. The lowest BCUT2D eigenvalue weighted by molar-refractivity contribution is -0.119. The second-order valence-corrected chi connectivity index (χ2v) is 11.9. The highest BCUT2D eigenvalue weighted by Crippen LogP contribution is 2.50. The molecule has 42 heavy (non-hydrogen) atoms. The number of thiophene rings is 1. The van der Waals surface area contributed by atoms with Gasteiger partial charge < -0.3 is 20.7 Å². The zero-order chi connectivity index (χ0) is 29.8. The molecule has 0 saturated heterocycles. The van der Waals surface area contributed by atoms with Gasteiger partial charge in [0.25, 0.3) is 11.8 Å². The van der Waals surface area contributed by atoms with Gasteiger partial charge in [0.05, 0.1) is 5.56 Å². The number of anilines is 3. The Hall–Kier alpha value is -3.76. The first kappa shape index (κ1) is 28.4. The van der Waals surface area contributed by atoms with Crippen molar-refractivity contribution in [2.75, 3.05) is 17.2 Å². The van der Waals surface area contributed by atoms with E-state index in [4.69, 9.17) is 0 Å². The highest BCUT2D eigenvalue weighted by molar-refractivity contribution is 7.17. The predicted molar refractivity (Wildman–Crippen MR) is 140 cm³/mol. The number of hydrogen-bond donors (Lipinski definition) is 3. The van der Waals surface area contributed by atoms with Crippen LogP contribution in [0.25, 0.3) is 0 Å². The van der Waals surface area contributed by atoms with Crippen molar-refractivity contribution in [1.29, 1.82) is 0 Å². The average Bonchev–Trinajstić information content (AvgIpc) is 3.24. The summed E-state index contributed by atoms with van der Waals surface area (Å²) in [7, 11) is 1.54. The molecular formula is C25H27F5N8O3S. The lowest BCUT2D eigenvalue weighted by atomic mass is 9.83. The molecule has 0 aliphatic heterocycles. The number of carbonyl (C=O) groups excluding carboxylic acids is 2. The molecule has 2 amide bonds. The zero-order valence-electron chi connectivity index (χ0n) is 22.3. The molecule has 17 heteroatoms. The Labute approximate surface area is 239 Å². The van der Waals surface area contributed by atoms with Crippen LogP contribution in [0.3, 0.4) is 0 Å². The summed E-state index contributed by atoms with van der Waals surface area (Å²) >= 11 is 1.19. The summed E-state index contributed by atoms with van der Waals surface area (Å²) in [6.07, 6.45) is 2.30. The van der Waals surface area contributed by atoms with Crippen molar-refractivity contribution in [3.63, 3.8) is 0 Å². The number of aryl methyl sites for hydroxylation is 2. The van der Waals surface area contributed by atoms with Crippen LogP contribution in [0.4, 0.5) is 38.7 Å². The highest BCUT2D eigenvalue weighted by Gasteiger charge is 2.61. The number of halogens is 5. The third-order valence-corrected chi connectivity index (χ3v) is 9.05.